The molecule has 0 saturated carbocycles. The first-order valence-corrected chi connectivity index (χ1v) is 8.45. The van der Waals surface area contributed by atoms with Gasteiger partial charge >= 0.3 is 0 Å². The second-order valence-electron chi connectivity index (χ2n) is 6.00. The number of ketones is 1. The third-order valence-electron chi connectivity index (χ3n) is 3.89. The highest BCUT2D eigenvalue weighted by atomic mass is 32.2. The van der Waals surface area contributed by atoms with E-state index in [0.717, 1.165) is 17.9 Å². The summed E-state index contributed by atoms with van der Waals surface area (Å²) in [5.74, 6) is 1.12. The lowest BCUT2D eigenvalue weighted by molar-refractivity contribution is -0.118. The van der Waals surface area contributed by atoms with Crippen molar-refractivity contribution >= 4 is 29.3 Å². The van der Waals surface area contributed by atoms with Gasteiger partial charge in [-0.2, -0.15) is 0 Å². The number of carbonyl (C=O) groups excluding carboxylic acids is 1. The van der Waals surface area contributed by atoms with Gasteiger partial charge in [-0.25, -0.2) is 0 Å². The fourth-order valence-electron chi connectivity index (χ4n) is 2.69. The molecule has 0 amide bonds. The molecule has 3 nitrogen and oxygen atoms in total. The van der Waals surface area contributed by atoms with Gasteiger partial charge in [-0.1, -0.05) is 19.0 Å². The minimum absolute atomic E-state index is 0.0697. The highest BCUT2D eigenvalue weighted by Crippen LogP contribution is 2.58. The number of thioether (sulfide) groups is 2. The van der Waals surface area contributed by atoms with Crippen molar-refractivity contribution in [3.63, 3.8) is 0 Å². The SMILES string of the molecule is CC(=O)CC(C)(C)C1(Cc2c(C)noc2C)SC=CS1. The van der Waals surface area contributed by atoms with Crippen LogP contribution in [0.5, 0.6) is 0 Å². The summed E-state index contributed by atoms with van der Waals surface area (Å²) in [7, 11) is 0. The Hall–Kier alpha value is -0.680. The number of nitrogens with zero attached hydrogens (tertiary/aromatic N) is 1. The highest BCUT2D eigenvalue weighted by molar-refractivity contribution is 8.23. The minimum Gasteiger partial charge on any atom is -0.361 e. The van der Waals surface area contributed by atoms with Gasteiger partial charge in [0.1, 0.15) is 11.5 Å². The molecule has 5 heteroatoms. The molecule has 1 aromatic heterocycles. The minimum atomic E-state index is -0.103. The summed E-state index contributed by atoms with van der Waals surface area (Å²) in [5, 5.41) is 8.31. The molecule has 110 valence electrons. The lowest BCUT2D eigenvalue weighted by atomic mass is 9.80. The second kappa shape index (κ2) is 5.60. The van der Waals surface area contributed by atoms with Crippen molar-refractivity contribution in [1.82, 2.24) is 5.16 Å². The topological polar surface area (TPSA) is 43.1 Å². The van der Waals surface area contributed by atoms with Gasteiger partial charge in [-0.15, -0.1) is 23.5 Å². The van der Waals surface area contributed by atoms with E-state index >= 15 is 0 Å². The lowest BCUT2D eigenvalue weighted by Gasteiger charge is -2.42. The van der Waals surface area contributed by atoms with Gasteiger partial charge in [0.2, 0.25) is 0 Å². The van der Waals surface area contributed by atoms with Crippen LogP contribution in [0.15, 0.2) is 15.3 Å². The monoisotopic (exact) mass is 311 g/mol. The summed E-state index contributed by atoms with van der Waals surface area (Å²) in [5.41, 5.74) is 2.02. The van der Waals surface area contributed by atoms with E-state index in [2.05, 4.69) is 29.8 Å². The van der Waals surface area contributed by atoms with Crippen LogP contribution in [-0.4, -0.2) is 15.0 Å². The van der Waals surface area contributed by atoms with Crippen LogP contribution in [0.3, 0.4) is 0 Å². The molecule has 1 aliphatic rings. The molecule has 2 rings (SSSR count). The molecule has 0 aromatic carbocycles. The van der Waals surface area contributed by atoms with Crippen LogP contribution >= 0.6 is 23.5 Å². The zero-order valence-electron chi connectivity index (χ0n) is 12.6. The maximum atomic E-state index is 11.6. The van der Waals surface area contributed by atoms with Gasteiger partial charge in [0, 0.05) is 18.4 Å². The van der Waals surface area contributed by atoms with Gasteiger partial charge < -0.3 is 9.32 Å². The summed E-state index contributed by atoms with van der Waals surface area (Å²) < 4.78 is 5.22. The number of hydrogen-bond donors (Lipinski definition) is 0. The van der Waals surface area contributed by atoms with E-state index in [1.807, 2.05) is 37.4 Å². The summed E-state index contributed by atoms with van der Waals surface area (Å²) in [6, 6.07) is 0. The third-order valence-corrected chi connectivity index (χ3v) is 7.33. The summed E-state index contributed by atoms with van der Waals surface area (Å²) in [6.07, 6.45) is 1.44. The van der Waals surface area contributed by atoms with E-state index < -0.39 is 0 Å². The van der Waals surface area contributed by atoms with Crippen molar-refractivity contribution < 1.29 is 9.32 Å². The van der Waals surface area contributed by atoms with Gasteiger partial charge in [-0.3, -0.25) is 0 Å². The number of hydrogen-bond acceptors (Lipinski definition) is 5. The Bertz CT molecular complexity index is 519. The van der Waals surface area contributed by atoms with Crippen LogP contribution in [0.2, 0.25) is 0 Å². The Morgan fingerprint density at radius 2 is 1.95 bits per heavy atom. The van der Waals surface area contributed by atoms with Gasteiger partial charge in [0.25, 0.3) is 0 Å². The third kappa shape index (κ3) is 2.84. The Morgan fingerprint density at radius 1 is 1.35 bits per heavy atom. The van der Waals surface area contributed by atoms with Crippen LogP contribution in [0.1, 0.15) is 44.2 Å². The van der Waals surface area contributed by atoms with Crippen LogP contribution in [0.25, 0.3) is 0 Å². The Kier molecular flexibility index (Phi) is 4.40. The highest BCUT2D eigenvalue weighted by Gasteiger charge is 2.48. The molecule has 0 aliphatic carbocycles. The van der Waals surface area contributed by atoms with E-state index in [9.17, 15) is 4.79 Å². The van der Waals surface area contributed by atoms with Crippen LogP contribution < -0.4 is 0 Å². The van der Waals surface area contributed by atoms with Crippen molar-refractivity contribution in [2.24, 2.45) is 5.41 Å². The Morgan fingerprint density at radius 3 is 2.40 bits per heavy atom. The summed E-state index contributed by atoms with van der Waals surface area (Å²) in [6.45, 7) is 9.97. The van der Waals surface area contributed by atoms with E-state index in [0.29, 0.717) is 6.42 Å². The quantitative estimate of drug-likeness (QED) is 0.801. The predicted molar refractivity (Wildman–Crippen MR) is 85.8 cm³/mol. The number of Topliss-reactive ketones (excluding diaryl/α,β-unsaturated/α-hetero) is 1. The van der Waals surface area contributed by atoms with E-state index in [1.54, 1.807) is 6.92 Å². The van der Waals surface area contributed by atoms with Gasteiger partial charge in [0.15, 0.2) is 0 Å². The first-order chi connectivity index (χ1) is 9.27. The van der Waals surface area contributed by atoms with Gasteiger partial charge in [0.05, 0.1) is 9.77 Å². The van der Waals surface area contributed by atoms with Crippen LogP contribution in [0.4, 0.5) is 0 Å². The lowest BCUT2D eigenvalue weighted by Crippen LogP contribution is -2.40. The molecule has 0 atom stereocenters. The molecule has 20 heavy (non-hydrogen) atoms. The predicted octanol–water partition coefficient (Wildman–Crippen LogP) is 4.49. The molecule has 0 unspecified atom stereocenters. The van der Waals surface area contributed by atoms with Crippen LogP contribution in [-0.2, 0) is 11.2 Å². The zero-order chi connectivity index (χ0) is 15.0. The molecule has 0 fully saturated rings. The first-order valence-electron chi connectivity index (χ1n) is 6.69. The molecular formula is C15H21NO2S2. The number of aryl methyl sites for hydroxylation is 2. The maximum absolute atomic E-state index is 11.6. The normalized spacial score (nSPS) is 17.6. The molecule has 0 spiro atoms. The number of rotatable bonds is 5. The molecule has 1 aliphatic heterocycles. The largest absolute Gasteiger partial charge is 0.361 e. The molecule has 0 saturated heterocycles. The maximum Gasteiger partial charge on any atom is 0.137 e. The first kappa shape index (κ1) is 15.7. The van der Waals surface area contributed by atoms with E-state index in [1.165, 1.54) is 5.56 Å². The van der Waals surface area contributed by atoms with E-state index in [4.69, 9.17) is 4.52 Å². The fourth-order valence-corrected chi connectivity index (χ4v) is 5.37. The molecular weight excluding hydrogens is 290 g/mol. The molecule has 0 radical (unpaired) electrons. The molecule has 2 heterocycles. The van der Waals surface area contributed by atoms with Crippen molar-refractivity contribution in [1.29, 1.82) is 0 Å². The molecule has 1 aromatic rings. The van der Waals surface area contributed by atoms with Gasteiger partial charge in [-0.05, 0) is 37.0 Å². The fraction of sp³-hybridized carbons (Fsp3) is 0.600. The smallest absolute Gasteiger partial charge is 0.137 e. The molecule has 0 bridgehead atoms. The van der Waals surface area contributed by atoms with Crippen molar-refractivity contribution in [2.75, 3.05) is 0 Å². The van der Waals surface area contributed by atoms with Crippen molar-refractivity contribution in [3.8, 4) is 0 Å². The number of aromatic nitrogens is 1. The average Bonchev–Trinajstić information content (AvgIpc) is 2.91. The Balaban J connectivity index is 2.33. The summed E-state index contributed by atoms with van der Waals surface area (Å²) in [4.78, 5) is 11.6. The Labute approximate surface area is 128 Å². The standard InChI is InChI=1S/C15H21NO2S2/c1-10(17)8-14(4,5)15(19-6-7-20-15)9-13-11(2)16-18-12(13)3/h6-7H,8-9H2,1-5H3. The summed E-state index contributed by atoms with van der Waals surface area (Å²) >= 11 is 3.63. The van der Waals surface area contributed by atoms with E-state index in [-0.39, 0.29) is 15.3 Å². The number of carbonyl (C=O) groups is 1. The van der Waals surface area contributed by atoms with Crippen molar-refractivity contribution in [2.45, 2.75) is 51.5 Å². The zero-order valence-corrected chi connectivity index (χ0v) is 14.3. The average molecular weight is 311 g/mol. The second-order valence-corrected chi connectivity index (χ2v) is 8.67. The molecule has 0 N–H and O–H groups in total. The van der Waals surface area contributed by atoms with Crippen LogP contribution in [0, 0.1) is 19.3 Å². The van der Waals surface area contributed by atoms with Crippen molar-refractivity contribution in [3.05, 3.63) is 27.8 Å².